The van der Waals surface area contributed by atoms with E-state index in [1.54, 1.807) is 12.1 Å². The largest absolute Gasteiger partial charge is 0.508 e. The van der Waals surface area contributed by atoms with Crippen molar-refractivity contribution >= 4 is 17.7 Å². The van der Waals surface area contributed by atoms with E-state index in [1.165, 1.54) is 17.7 Å². The lowest BCUT2D eigenvalue weighted by Gasteiger charge is -2.33. The summed E-state index contributed by atoms with van der Waals surface area (Å²) in [7, 11) is 0. The van der Waals surface area contributed by atoms with Crippen molar-refractivity contribution in [3.05, 3.63) is 53.7 Å². The van der Waals surface area contributed by atoms with Crippen molar-refractivity contribution in [2.75, 3.05) is 37.6 Å². The third kappa shape index (κ3) is 6.87. The predicted octanol–water partition coefficient (Wildman–Crippen LogP) is 2.05. The van der Waals surface area contributed by atoms with Gasteiger partial charge >= 0.3 is 0 Å². The number of phenolic OH excluding ortho intramolecular Hbond substituents is 1. The van der Waals surface area contributed by atoms with Gasteiger partial charge < -0.3 is 26.0 Å². The average molecular weight is 425 g/mol. The van der Waals surface area contributed by atoms with Gasteiger partial charge in [-0.25, -0.2) is 4.98 Å². The number of anilines is 1. The molecule has 2 heterocycles. The number of aryl methyl sites for hydroxylation is 1. The minimum Gasteiger partial charge on any atom is -0.508 e. The van der Waals surface area contributed by atoms with Crippen LogP contribution in [0.25, 0.3) is 0 Å². The number of aromatic hydroxyl groups is 1. The van der Waals surface area contributed by atoms with Crippen molar-refractivity contribution in [2.24, 2.45) is 4.99 Å². The van der Waals surface area contributed by atoms with Gasteiger partial charge in [0.25, 0.3) is 5.91 Å². The van der Waals surface area contributed by atoms with Crippen LogP contribution in [0.5, 0.6) is 5.75 Å². The molecule has 0 aliphatic carbocycles. The first kappa shape index (κ1) is 22.4. The Labute approximate surface area is 183 Å². The third-order valence-corrected chi connectivity index (χ3v) is 5.20. The van der Waals surface area contributed by atoms with Crippen LogP contribution in [0.15, 0.2) is 47.6 Å². The maximum absolute atomic E-state index is 12.1. The molecular weight excluding hydrogens is 392 g/mol. The fourth-order valence-corrected chi connectivity index (χ4v) is 3.47. The number of pyridine rings is 1. The highest BCUT2D eigenvalue weighted by Crippen LogP contribution is 2.18. The number of piperidine rings is 1. The molecule has 8 nitrogen and oxygen atoms in total. The highest BCUT2D eigenvalue weighted by Gasteiger charge is 2.20. The van der Waals surface area contributed by atoms with Crippen molar-refractivity contribution in [1.29, 1.82) is 0 Å². The van der Waals surface area contributed by atoms with Crippen LogP contribution in [0.3, 0.4) is 0 Å². The van der Waals surface area contributed by atoms with E-state index in [9.17, 15) is 9.90 Å². The van der Waals surface area contributed by atoms with Gasteiger partial charge in [0.15, 0.2) is 5.96 Å². The number of carbonyl (C=O) groups is 1. The summed E-state index contributed by atoms with van der Waals surface area (Å²) in [6.07, 6.45) is 3.94. The number of hydrogen-bond donors (Lipinski definition) is 4. The highest BCUT2D eigenvalue weighted by atomic mass is 16.3. The number of phenols is 1. The molecule has 31 heavy (non-hydrogen) atoms. The quantitative estimate of drug-likeness (QED) is 0.308. The molecule has 1 aliphatic heterocycles. The number of rotatable bonds is 7. The number of nitrogens with zero attached hydrogens (tertiary/aromatic N) is 3. The van der Waals surface area contributed by atoms with Crippen molar-refractivity contribution in [3.63, 3.8) is 0 Å². The Kier molecular flexibility index (Phi) is 8.09. The molecule has 1 aromatic carbocycles. The van der Waals surface area contributed by atoms with Crippen LogP contribution in [-0.2, 0) is 0 Å². The van der Waals surface area contributed by atoms with E-state index >= 15 is 0 Å². The van der Waals surface area contributed by atoms with E-state index in [0.717, 1.165) is 44.3 Å². The van der Waals surface area contributed by atoms with Crippen LogP contribution in [0.1, 0.15) is 35.7 Å². The highest BCUT2D eigenvalue weighted by molar-refractivity contribution is 5.94. The Balaban J connectivity index is 1.43. The molecular formula is C23H32N6O2. The topological polar surface area (TPSA) is 102 Å². The second kappa shape index (κ2) is 11.2. The van der Waals surface area contributed by atoms with Crippen LogP contribution < -0.4 is 20.9 Å². The molecule has 1 saturated heterocycles. The van der Waals surface area contributed by atoms with Crippen LogP contribution in [0.2, 0.25) is 0 Å². The minimum atomic E-state index is -0.176. The van der Waals surface area contributed by atoms with Gasteiger partial charge in [-0.2, -0.15) is 0 Å². The summed E-state index contributed by atoms with van der Waals surface area (Å²) in [4.78, 5) is 23.6. The number of nitrogens with one attached hydrogen (secondary N) is 3. The van der Waals surface area contributed by atoms with Gasteiger partial charge in [0.2, 0.25) is 0 Å². The lowest BCUT2D eigenvalue weighted by molar-refractivity contribution is 0.0955. The Morgan fingerprint density at radius 2 is 1.90 bits per heavy atom. The summed E-state index contributed by atoms with van der Waals surface area (Å²) in [6.45, 7) is 7.69. The molecule has 0 saturated carbocycles. The number of aromatic nitrogens is 1. The second-order valence-corrected chi connectivity index (χ2v) is 7.66. The Hall–Kier alpha value is -3.29. The molecule has 1 aromatic heterocycles. The minimum absolute atomic E-state index is 0.142. The predicted molar refractivity (Wildman–Crippen MR) is 124 cm³/mol. The zero-order valence-electron chi connectivity index (χ0n) is 18.3. The van der Waals surface area contributed by atoms with E-state index in [1.807, 2.05) is 20.0 Å². The van der Waals surface area contributed by atoms with Gasteiger partial charge in [-0.3, -0.25) is 9.79 Å². The second-order valence-electron chi connectivity index (χ2n) is 7.66. The standard InChI is InChI=1S/C23H32N6O2/c1-3-24-23(26-13-12-25-22(31)18-5-7-20(30)8-6-18)28-19-10-14-29(15-11-19)21-9-4-17(2)16-27-21/h4-9,16,19,30H,3,10-15H2,1-2H3,(H,25,31)(H2,24,26,28). The van der Waals surface area contributed by atoms with Gasteiger partial charge in [0.05, 0.1) is 6.54 Å². The zero-order valence-corrected chi connectivity index (χ0v) is 18.3. The van der Waals surface area contributed by atoms with Crippen LogP contribution in [0.4, 0.5) is 5.82 Å². The van der Waals surface area contributed by atoms with Crippen molar-refractivity contribution in [1.82, 2.24) is 20.9 Å². The van der Waals surface area contributed by atoms with E-state index in [2.05, 4.69) is 43.0 Å². The molecule has 8 heteroatoms. The number of hydrogen-bond acceptors (Lipinski definition) is 5. The lowest BCUT2D eigenvalue weighted by Crippen LogP contribution is -2.49. The Morgan fingerprint density at radius 1 is 1.16 bits per heavy atom. The first-order valence-electron chi connectivity index (χ1n) is 10.8. The number of guanidine groups is 1. The average Bonchev–Trinajstić information content (AvgIpc) is 2.78. The number of benzene rings is 1. The van der Waals surface area contributed by atoms with Gasteiger partial charge in [-0.05, 0) is 62.6 Å². The van der Waals surface area contributed by atoms with Gasteiger partial charge in [-0.15, -0.1) is 0 Å². The number of carbonyl (C=O) groups excluding carboxylic acids is 1. The summed E-state index contributed by atoms with van der Waals surface area (Å²) >= 11 is 0. The summed E-state index contributed by atoms with van der Waals surface area (Å²) < 4.78 is 0. The molecule has 166 valence electrons. The molecule has 0 bridgehead atoms. The summed E-state index contributed by atoms with van der Waals surface area (Å²) in [5, 5.41) is 19.0. The van der Waals surface area contributed by atoms with E-state index in [-0.39, 0.29) is 11.7 Å². The first-order chi connectivity index (χ1) is 15.0. The molecule has 1 fully saturated rings. The summed E-state index contributed by atoms with van der Waals surface area (Å²) in [5.41, 5.74) is 1.69. The SMILES string of the molecule is CCNC(=NCCNC(=O)c1ccc(O)cc1)NC1CCN(c2ccc(C)cn2)CC1. The zero-order chi connectivity index (χ0) is 22.1. The van der Waals surface area contributed by atoms with Crippen LogP contribution >= 0.6 is 0 Å². The molecule has 0 unspecified atom stereocenters. The van der Waals surface area contributed by atoms with Gasteiger partial charge in [0, 0.05) is 44.0 Å². The molecule has 0 spiro atoms. The molecule has 2 aromatic rings. The molecule has 0 atom stereocenters. The third-order valence-electron chi connectivity index (χ3n) is 5.20. The lowest BCUT2D eigenvalue weighted by atomic mass is 10.1. The smallest absolute Gasteiger partial charge is 0.251 e. The van der Waals surface area contributed by atoms with E-state index in [0.29, 0.717) is 24.7 Å². The molecule has 0 radical (unpaired) electrons. The van der Waals surface area contributed by atoms with Gasteiger partial charge in [0.1, 0.15) is 11.6 Å². The van der Waals surface area contributed by atoms with E-state index in [4.69, 9.17) is 0 Å². The fourth-order valence-electron chi connectivity index (χ4n) is 3.47. The van der Waals surface area contributed by atoms with Crippen molar-refractivity contribution in [2.45, 2.75) is 32.7 Å². The molecule has 4 N–H and O–H groups in total. The summed E-state index contributed by atoms with van der Waals surface area (Å²) in [6, 6.07) is 10.7. The maximum atomic E-state index is 12.1. The number of amides is 1. The van der Waals surface area contributed by atoms with E-state index < -0.39 is 0 Å². The first-order valence-corrected chi connectivity index (χ1v) is 10.8. The van der Waals surface area contributed by atoms with Crippen LogP contribution in [0, 0.1) is 6.92 Å². The molecule has 1 amide bonds. The fraction of sp³-hybridized carbons (Fsp3) is 0.435. The monoisotopic (exact) mass is 424 g/mol. The maximum Gasteiger partial charge on any atom is 0.251 e. The number of aliphatic imine (C=N–C) groups is 1. The van der Waals surface area contributed by atoms with Crippen molar-refractivity contribution < 1.29 is 9.90 Å². The van der Waals surface area contributed by atoms with Crippen molar-refractivity contribution in [3.8, 4) is 5.75 Å². The molecule has 3 rings (SSSR count). The Bertz CT molecular complexity index is 859. The van der Waals surface area contributed by atoms with Crippen LogP contribution in [-0.4, -0.2) is 60.7 Å². The summed E-state index contributed by atoms with van der Waals surface area (Å²) in [5.74, 6) is 1.77. The Morgan fingerprint density at radius 3 is 2.55 bits per heavy atom. The molecule has 1 aliphatic rings. The normalized spacial score (nSPS) is 14.9. The van der Waals surface area contributed by atoms with Gasteiger partial charge in [-0.1, -0.05) is 6.07 Å².